The van der Waals surface area contributed by atoms with E-state index in [0.29, 0.717) is 0 Å². The maximum atomic E-state index is 5.59. The number of ether oxygens (including phenoxy) is 1. The van der Waals surface area contributed by atoms with Crippen molar-refractivity contribution in [2.24, 2.45) is 0 Å². The van der Waals surface area contributed by atoms with Crippen molar-refractivity contribution in [3.8, 4) is 5.75 Å². The minimum absolute atomic E-state index is 0.744. The van der Waals surface area contributed by atoms with E-state index in [4.69, 9.17) is 9.72 Å². The van der Waals surface area contributed by atoms with Gasteiger partial charge >= 0.3 is 0 Å². The van der Waals surface area contributed by atoms with Gasteiger partial charge in [-0.15, -0.1) is 0 Å². The molecule has 0 bridgehead atoms. The Morgan fingerprint density at radius 3 is 2.10 bits per heavy atom. The molecule has 0 radical (unpaired) electrons. The van der Waals surface area contributed by atoms with E-state index in [2.05, 4.69) is 63.4 Å². The van der Waals surface area contributed by atoms with Gasteiger partial charge in [0.15, 0.2) is 5.82 Å². The first-order valence-electron chi connectivity index (χ1n) is 9.95. The largest absolute Gasteiger partial charge is 0.496 e. The molecule has 0 atom stereocenters. The summed E-state index contributed by atoms with van der Waals surface area (Å²) in [5.74, 6) is 1.69. The third kappa shape index (κ3) is 3.35. The van der Waals surface area contributed by atoms with Crippen molar-refractivity contribution < 1.29 is 4.74 Å². The topological polar surface area (TPSA) is 54.0 Å². The number of benzene rings is 3. The van der Waals surface area contributed by atoms with Crippen molar-refractivity contribution in [1.82, 2.24) is 15.0 Å². The third-order valence-corrected chi connectivity index (χ3v) is 5.30. The van der Waals surface area contributed by atoms with Crippen LogP contribution in [0.1, 0.15) is 11.1 Å². The Kier molecular flexibility index (Phi) is 4.77. The van der Waals surface area contributed by atoms with E-state index >= 15 is 0 Å². The molecule has 30 heavy (non-hydrogen) atoms. The number of methoxy groups -OCH3 is 1. The van der Waals surface area contributed by atoms with Crippen LogP contribution in [0.5, 0.6) is 5.75 Å². The summed E-state index contributed by atoms with van der Waals surface area (Å²) in [5, 5.41) is 0.984. The highest BCUT2D eigenvalue weighted by Crippen LogP contribution is 2.35. The van der Waals surface area contributed by atoms with Crippen LogP contribution in [0, 0.1) is 0 Å². The van der Waals surface area contributed by atoms with Crippen molar-refractivity contribution in [2.45, 2.75) is 13.1 Å². The molecule has 0 unspecified atom stereocenters. The van der Waals surface area contributed by atoms with Gasteiger partial charge in [0.05, 0.1) is 18.0 Å². The van der Waals surface area contributed by atoms with Gasteiger partial charge < -0.3 is 14.6 Å². The molecule has 0 spiro atoms. The van der Waals surface area contributed by atoms with Crippen LogP contribution in [0.2, 0.25) is 0 Å². The van der Waals surface area contributed by atoms with Gasteiger partial charge in [-0.3, -0.25) is 0 Å². The van der Waals surface area contributed by atoms with E-state index in [1.165, 1.54) is 11.1 Å². The number of hydrogen-bond donors (Lipinski definition) is 1. The van der Waals surface area contributed by atoms with Gasteiger partial charge in [-0.2, -0.15) is 0 Å². The molecule has 3 aromatic carbocycles. The molecule has 0 fully saturated rings. The minimum atomic E-state index is 0.744. The van der Waals surface area contributed by atoms with E-state index in [1.54, 1.807) is 13.4 Å². The SMILES string of the molecule is COc1cccc2[nH]c3c(N(Cc4ccccc4)Cc4ccccc4)ncnc3c12. The van der Waals surface area contributed by atoms with E-state index < -0.39 is 0 Å². The summed E-state index contributed by atoms with van der Waals surface area (Å²) in [6, 6.07) is 26.9. The first-order chi connectivity index (χ1) is 14.8. The van der Waals surface area contributed by atoms with Crippen LogP contribution in [-0.4, -0.2) is 22.1 Å². The van der Waals surface area contributed by atoms with Crippen LogP contribution in [0.15, 0.2) is 85.2 Å². The summed E-state index contributed by atoms with van der Waals surface area (Å²) < 4.78 is 5.59. The van der Waals surface area contributed by atoms with Crippen molar-refractivity contribution in [2.75, 3.05) is 12.0 Å². The molecule has 0 amide bonds. The second-order valence-corrected chi connectivity index (χ2v) is 7.26. The normalized spacial score (nSPS) is 11.1. The highest BCUT2D eigenvalue weighted by atomic mass is 16.5. The van der Waals surface area contributed by atoms with Crippen LogP contribution >= 0.6 is 0 Å². The van der Waals surface area contributed by atoms with E-state index in [-0.39, 0.29) is 0 Å². The monoisotopic (exact) mass is 394 g/mol. The first-order valence-corrected chi connectivity index (χ1v) is 9.95. The Bertz CT molecular complexity index is 1240. The van der Waals surface area contributed by atoms with Crippen molar-refractivity contribution in [3.05, 3.63) is 96.3 Å². The summed E-state index contributed by atoms with van der Waals surface area (Å²) in [5.41, 5.74) is 5.25. The predicted molar refractivity (Wildman–Crippen MR) is 121 cm³/mol. The molecule has 5 rings (SSSR count). The Balaban J connectivity index is 1.66. The Hall–Kier alpha value is -3.86. The standard InChI is InChI=1S/C25H22N4O/c1-30-21-14-8-13-20-22(21)23-24(28-20)25(27-17-26-23)29(15-18-9-4-2-5-10-18)16-19-11-6-3-7-12-19/h2-14,17,28H,15-16H2,1H3. The van der Waals surface area contributed by atoms with Crippen LogP contribution in [0.3, 0.4) is 0 Å². The number of aromatic amines is 1. The van der Waals surface area contributed by atoms with Gasteiger partial charge in [0.25, 0.3) is 0 Å². The van der Waals surface area contributed by atoms with Gasteiger partial charge in [0.2, 0.25) is 0 Å². The Morgan fingerprint density at radius 2 is 1.47 bits per heavy atom. The number of rotatable bonds is 6. The molecule has 5 nitrogen and oxygen atoms in total. The number of H-pyrrole nitrogens is 1. The minimum Gasteiger partial charge on any atom is -0.496 e. The van der Waals surface area contributed by atoms with Gasteiger partial charge in [-0.05, 0) is 23.3 Å². The van der Waals surface area contributed by atoms with Gasteiger partial charge in [-0.1, -0.05) is 66.7 Å². The molecule has 2 heterocycles. The van der Waals surface area contributed by atoms with Crippen molar-refractivity contribution in [1.29, 1.82) is 0 Å². The number of anilines is 1. The fourth-order valence-corrected chi connectivity index (χ4v) is 3.92. The summed E-state index contributed by atoms with van der Waals surface area (Å²) in [6.45, 7) is 1.49. The second-order valence-electron chi connectivity index (χ2n) is 7.26. The lowest BCUT2D eigenvalue weighted by Gasteiger charge is -2.24. The fourth-order valence-electron chi connectivity index (χ4n) is 3.92. The summed E-state index contributed by atoms with van der Waals surface area (Å²) >= 11 is 0. The summed E-state index contributed by atoms with van der Waals surface area (Å²) in [4.78, 5) is 15.1. The molecule has 0 aliphatic carbocycles. The molecule has 2 aromatic heterocycles. The second kappa shape index (κ2) is 7.87. The smallest absolute Gasteiger partial charge is 0.157 e. The highest BCUT2D eigenvalue weighted by molar-refractivity contribution is 6.11. The summed E-state index contributed by atoms with van der Waals surface area (Å²) in [7, 11) is 1.69. The van der Waals surface area contributed by atoms with Gasteiger partial charge in [-0.25, -0.2) is 9.97 Å². The predicted octanol–water partition coefficient (Wildman–Crippen LogP) is 5.33. The quantitative estimate of drug-likeness (QED) is 0.423. The van der Waals surface area contributed by atoms with E-state index in [0.717, 1.165) is 46.6 Å². The zero-order chi connectivity index (χ0) is 20.3. The maximum Gasteiger partial charge on any atom is 0.157 e. The number of nitrogens with one attached hydrogen (secondary N) is 1. The average Bonchev–Trinajstić information content (AvgIpc) is 3.19. The number of hydrogen-bond acceptors (Lipinski definition) is 4. The lowest BCUT2D eigenvalue weighted by molar-refractivity contribution is 0.420. The van der Waals surface area contributed by atoms with E-state index in [9.17, 15) is 0 Å². The molecule has 0 aliphatic heterocycles. The number of fused-ring (bicyclic) bond motifs is 3. The Morgan fingerprint density at radius 1 is 0.800 bits per heavy atom. The lowest BCUT2D eigenvalue weighted by atomic mass is 10.1. The van der Waals surface area contributed by atoms with Gasteiger partial charge in [0.1, 0.15) is 23.1 Å². The molecule has 0 saturated carbocycles. The molecule has 5 aromatic rings. The first kappa shape index (κ1) is 18.2. The summed E-state index contributed by atoms with van der Waals surface area (Å²) in [6.07, 6.45) is 1.64. The lowest BCUT2D eigenvalue weighted by Crippen LogP contribution is -2.23. The van der Waals surface area contributed by atoms with Crippen LogP contribution in [0.4, 0.5) is 5.82 Å². The average molecular weight is 394 g/mol. The van der Waals surface area contributed by atoms with Crippen LogP contribution in [-0.2, 0) is 13.1 Å². The number of nitrogens with zero attached hydrogens (tertiary/aromatic N) is 3. The fraction of sp³-hybridized carbons (Fsp3) is 0.120. The highest BCUT2D eigenvalue weighted by Gasteiger charge is 2.18. The van der Waals surface area contributed by atoms with Crippen molar-refractivity contribution in [3.63, 3.8) is 0 Å². The van der Waals surface area contributed by atoms with Crippen LogP contribution in [0.25, 0.3) is 21.9 Å². The van der Waals surface area contributed by atoms with E-state index in [1.807, 2.05) is 30.3 Å². The molecule has 0 aliphatic rings. The zero-order valence-electron chi connectivity index (χ0n) is 16.7. The molecule has 1 N–H and O–H groups in total. The van der Waals surface area contributed by atoms with Crippen LogP contribution < -0.4 is 9.64 Å². The zero-order valence-corrected chi connectivity index (χ0v) is 16.7. The van der Waals surface area contributed by atoms with Gasteiger partial charge in [0, 0.05) is 13.1 Å². The molecular formula is C25H22N4O. The Labute approximate surface area is 175 Å². The molecule has 148 valence electrons. The van der Waals surface area contributed by atoms with Crippen molar-refractivity contribution >= 4 is 27.8 Å². The molecule has 0 saturated heterocycles. The molecule has 5 heteroatoms. The maximum absolute atomic E-state index is 5.59. The molecular weight excluding hydrogens is 372 g/mol. The third-order valence-electron chi connectivity index (χ3n) is 5.30. The number of aromatic nitrogens is 3.